The van der Waals surface area contributed by atoms with Crippen LogP contribution in [0, 0.1) is 0 Å². The lowest BCUT2D eigenvalue weighted by Crippen LogP contribution is -2.12. The lowest BCUT2D eigenvalue weighted by Gasteiger charge is -2.17. The Morgan fingerprint density at radius 1 is 1.07 bits per heavy atom. The molecular weight excluding hydrogens is 396 g/mol. The Labute approximate surface area is 177 Å². The molecule has 2 aromatic carbocycles. The Hall–Kier alpha value is -3.32. The number of thiazole rings is 1. The first-order chi connectivity index (χ1) is 14.4. The van der Waals surface area contributed by atoms with Crippen LogP contribution in [0.4, 0.5) is 0 Å². The van der Waals surface area contributed by atoms with Gasteiger partial charge in [0.1, 0.15) is 11.3 Å². The fourth-order valence-electron chi connectivity index (χ4n) is 3.84. The predicted octanol–water partition coefficient (Wildman–Crippen LogP) is 5.64. The van der Waals surface area contributed by atoms with E-state index in [1.165, 1.54) is 11.3 Å². The van der Waals surface area contributed by atoms with Gasteiger partial charge in [-0.1, -0.05) is 56.4 Å². The van der Waals surface area contributed by atoms with E-state index in [-0.39, 0.29) is 11.3 Å². The Bertz CT molecular complexity index is 1350. The molecule has 3 aromatic heterocycles. The first-order valence-electron chi connectivity index (χ1n) is 9.71. The second-order valence-electron chi connectivity index (χ2n) is 8.24. The topological polar surface area (TPSA) is 76.0 Å². The van der Waals surface area contributed by atoms with E-state index in [1.54, 1.807) is 11.7 Å². The average Bonchev–Trinajstić information content (AvgIpc) is 3.40. The molecule has 0 fully saturated rings. The van der Waals surface area contributed by atoms with E-state index < -0.39 is 0 Å². The fourth-order valence-corrected chi connectivity index (χ4v) is 4.82. The summed E-state index contributed by atoms with van der Waals surface area (Å²) < 4.78 is 8.53. The van der Waals surface area contributed by atoms with Gasteiger partial charge < -0.3 is 9.84 Å². The van der Waals surface area contributed by atoms with E-state index in [1.807, 2.05) is 48.5 Å². The van der Waals surface area contributed by atoms with E-state index in [9.17, 15) is 5.11 Å². The minimum absolute atomic E-state index is 0.0907. The van der Waals surface area contributed by atoms with Crippen LogP contribution < -0.4 is 4.74 Å². The van der Waals surface area contributed by atoms with Gasteiger partial charge in [-0.25, -0.2) is 4.98 Å². The van der Waals surface area contributed by atoms with Gasteiger partial charge in [0.15, 0.2) is 5.13 Å². The van der Waals surface area contributed by atoms with Crippen LogP contribution in [0.25, 0.3) is 37.5 Å². The molecule has 0 aliphatic carbocycles. The third-order valence-corrected chi connectivity index (χ3v) is 6.23. The Balaban J connectivity index is 1.93. The fraction of sp³-hybridized carbons (Fsp3) is 0.217. The van der Waals surface area contributed by atoms with E-state index in [0.717, 1.165) is 38.3 Å². The number of aromatic nitrogens is 4. The summed E-state index contributed by atoms with van der Waals surface area (Å²) in [5.74, 6) is 0.813. The zero-order valence-electron chi connectivity index (χ0n) is 17.2. The van der Waals surface area contributed by atoms with Crippen molar-refractivity contribution in [3.63, 3.8) is 0 Å². The minimum atomic E-state index is -0.221. The summed E-state index contributed by atoms with van der Waals surface area (Å²) in [6.45, 7) is 6.34. The molecule has 2 N–H and O–H groups in total. The maximum absolute atomic E-state index is 11.3. The van der Waals surface area contributed by atoms with Gasteiger partial charge in [-0.2, -0.15) is 5.10 Å². The van der Waals surface area contributed by atoms with Crippen molar-refractivity contribution < 1.29 is 9.84 Å². The molecule has 6 nitrogen and oxygen atoms in total. The van der Waals surface area contributed by atoms with Crippen molar-refractivity contribution in [3.05, 3.63) is 54.2 Å². The molecule has 3 heterocycles. The number of H-pyrrole nitrogens is 1. The molecule has 0 unspecified atom stereocenters. The summed E-state index contributed by atoms with van der Waals surface area (Å²) in [6, 6.07) is 15.8. The van der Waals surface area contributed by atoms with Crippen LogP contribution in [0.3, 0.4) is 0 Å². The van der Waals surface area contributed by atoms with Gasteiger partial charge in [-0.05, 0) is 24.3 Å². The summed E-state index contributed by atoms with van der Waals surface area (Å²) in [7, 11) is 1.65. The molecule has 5 aromatic rings. The van der Waals surface area contributed by atoms with E-state index >= 15 is 0 Å². The molecule has 0 atom stereocenters. The summed E-state index contributed by atoms with van der Waals surface area (Å²) in [5, 5.41) is 20.4. The molecule has 0 radical (unpaired) electrons. The number of rotatable bonds is 3. The Morgan fingerprint density at radius 2 is 1.80 bits per heavy atom. The predicted molar refractivity (Wildman–Crippen MR) is 121 cm³/mol. The average molecular weight is 419 g/mol. The van der Waals surface area contributed by atoms with Gasteiger partial charge in [0, 0.05) is 11.0 Å². The highest BCUT2D eigenvalue weighted by molar-refractivity contribution is 7.20. The van der Waals surface area contributed by atoms with E-state index in [2.05, 4.69) is 31.0 Å². The highest BCUT2D eigenvalue weighted by Gasteiger charge is 2.31. The van der Waals surface area contributed by atoms with Crippen molar-refractivity contribution in [1.82, 2.24) is 19.7 Å². The number of methoxy groups -OCH3 is 1. The number of para-hydroxylation sites is 2. The van der Waals surface area contributed by atoms with Crippen LogP contribution in [0.5, 0.6) is 11.6 Å². The summed E-state index contributed by atoms with van der Waals surface area (Å²) >= 11 is 1.54. The van der Waals surface area contributed by atoms with Crippen molar-refractivity contribution in [2.24, 2.45) is 0 Å². The van der Waals surface area contributed by atoms with Gasteiger partial charge in [-0.3, -0.25) is 9.67 Å². The molecule has 5 rings (SSSR count). The zero-order valence-corrected chi connectivity index (χ0v) is 18.0. The maximum atomic E-state index is 11.3. The number of ether oxygens (including phenoxy) is 1. The van der Waals surface area contributed by atoms with Crippen molar-refractivity contribution in [3.8, 4) is 28.0 Å². The molecule has 0 aliphatic rings. The Kier molecular flexibility index (Phi) is 4.11. The van der Waals surface area contributed by atoms with Crippen LogP contribution in [0.1, 0.15) is 26.5 Å². The highest BCUT2D eigenvalue weighted by atomic mass is 32.1. The molecular formula is C23H22N4O2S. The van der Waals surface area contributed by atoms with Crippen LogP contribution in [-0.2, 0) is 5.41 Å². The molecule has 0 aliphatic heterocycles. The van der Waals surface area contributed by atoms with Gasteiger partial charge in [-0.15, -0.1) is 0 Å². The summed E-state index contributed by atoms with van der Waals surface area (Å²) in [6.07, 6.45) is 0. The van der Waals surface area contributed by atoms with E-state index in [4.69, 9.17) is 9.72 Å². The van der Waals surface area contributed by atoms with Crippen molar-refractivity contribution in [1.29, 1.82) is 0 Å². The summed E-state index contributed by atoms with van der Waals surface area (Å²) in [4.78, 5) is 4.80. The van der Waals surface area contributed by atoms with Gasteiger partial charge in [0.25, 0.3) is 0 Å². The second kappa shape index (κ2) is 6.60. The third kappa shape index (κ3) is 2.69. The SMILES string of the molecule is COc1ccccc1-c1c2c(C(C)(C)C)n[nH]c2c(O)n1-c1nc2ccccc2s1. The van der Waals surface area contributed by atoms with Gasteiger partial charge >= 0.3 is 0 Å². The number of hydrogen-bond acceptors (Lipinski definition) is 5. The molecule has 0 spiro atoms. The number of nitrogens with one attached hydrogen (secondary N) is 1. The first kappa shape index (κ1) is 18.7. The van der Waals surface area contributed by atoms with Crippen LogP contribution in [-0.4, -0.2) is 32.0 Å². The van der Waals surface area contributed by atoms with Gasteiger partial charge in [0.05, 0.1) is 34.1 Å². The number of aromatic amines is 1. The minimum Gasteiger partial charge on any atom is -0.496 e. The van der Waals surface area contributed by atoms with Crippen LogP contribution in [0.15, 0.2) is 48.5 Å². The smallest absolute Gasteiger partial charge is 0.224 e. The normalized spacial score (nSPS) is 12.1. The molecule has 0 amide bonds. The molecule has 152 valence electrons. The largest absolute Gasteiger partial charge is 0.496 e. The lowest BCUT2D eigenvalue weighted by atomic mass is 9.89. The molecule has 0 saturated heterocycles. The highest BCUT2D eigenvalue weighted by Crippen LogP contribution is 2.46. The van der Waals surface area contributed by atoms with Crippen molar-refractivity contribution in [2.75, 3.05) is 7.11 Å². The zero-order chi connectivity index (χ0) is 21.0. The first-order valence-corrected chi connectivity index (χ1v) is 10.5. The van der Waals surface area contributed by atoms with Crippen LogP contribution in [0.2, 0.25) is 0 Å². The summed E-state index contributed by atoms with van der Waals surface area (Å²) in [5.41, 5.74) is 3.85. The maximum Gasteiger partial charge on any atom is 0.224 e. The standard InChI is InChI=1S/C23H22N4O2S/c1-23(2,3)20-17-18(25-26-20)21(28)27(19(17)13-9-5-7-11-15(13)29-4)22-24-14-10-6-8-12-16(14)30-22/h5-12,25,28H,1-4H3. The lowest BCUT2D eigenvalue weighted by molar-refractivity contribution is 0.416. The number of fused-ring (bicyclic) bond motifs is 2. The number of hydrogen-bond donors (Lipinski definition) is 2. The van der Waals surface area contributed by atoms with E-state index in [0.29, 0.717) is 10.6 Å². The van der Waals surface area contributed by atoms with Crippen molar-refractivity contribution in [2.45, 2.75) is 26.2 Å². The number of nitrogens with zero attached hydrogens (tertiary/aromatic N) is 3. The molecule has 0 bridgehead atoms. The third-order valence-electron chi connectivity index (χ3n) is 5.21. The number of aromatic hydroxyl groups is 1. The van der Waals surface area contributed by atoms with Gasteiger partial charge in [0.2, 0.25) is 5.88 Å². The number of benzene rings is 2. The quantitative estimate of drug-likeness (QED) is 0.397. The Morgan fingerprint density at radius 3 is 2.53 bits per heavy atom. The molecule has 7 heteroatoms. The molecule has 0 saturated carbocycles. The van der Waals surface area contributed by atoms with Crippen molar-refractivity contribution >= 4 is 32.5 Å². The molecule has 30 heavy (non-hydrogen) atoms. The van der Waals surface area contributed by atoms with Crippen LogP contribution >= 0.6 is 11.3 Å². The monoisotopic (exact) mass is 418 g/mol. The second-order valence-corrected chi connectivity index (χ2v) is 9.25.